The zero-order valence-electron chi connectivity index (χ0n) is 9.70. The first-order valence-corrected chi connectivity index (χ1v) is 5.96. The minimum Gasteiger partial charge on any atom is -0.381 e. The van der Waals surface area contributed by atoms with Gasteiger partial charge in [-0.2, -0.15) is 0 Å². The van der Waals surface area contributed by atoms with Gasteiger partial charge in [-0.1, -0.05) is 13.8 Å². The summed E-state index contributed by atoms with van der Waals surface area (Å²) in [5, 5.41) is 0. The van der Waals surface area contributed by atoms with Crippen LogP contribution >= 0.6 is 0 Å². The molecule has 0 amide bonds. The molecule has 0 spiro atoms. The van der Waals surface area contributed by atoms with Gasteiger partial charge in [0.15, 0.2) is 0 Å². The smallest absolute Gasteiger partial charge is 0.0601 e. The Kier molecular flexibility index (Phi) is 3.13. The number of ether oxygens (including phenoxy) is 1. The van der Waals surface area contributed by atoms with Crippen LogP contribution in [0.25, 0.3) is 0 Å². The summed E-state index contributed by atoms with van der Waals surface area (Å²) in [5.41, 5.74) is 0. The van der Waals surface area contributed by atoms with Crippen LogP contribution in [0, 0.1) is 11.8 Å². The van der Waals surface area contributed by atoms with E-state index in [4.69, 9.17) is 4.74 Å². The Hall–Kier alpha value is -0.0800. The zero-order valence-corrected chi connectivity index (χ0v) is 9.70. The zero-order chi connectivity index (χ0) is 10.1. The van der Waals surface area contributed by atoms with Crippen molar-refractivity contribution >= 4 is 0 Å². The standard InChI is InChI=1S/C12H23NO/c1-9-4-10(2)8-13(7-9)11-5-12(6-11)14-3/h9-12H,4-8H2,1-3H3/t9-,10-,11?,12?/m0/s1. The monoisotopic (exact) mass is 197 g/mol. The summed E-state index contributed by atoms with van der Waals surface area (Å²) in [6, 6.07) is 0.824. The van der Waals surface area contributed by atoms with Crippen molar-refractivity contribution in [3.8, 4) is 0 Å². The van der Waals surface area contributed by atoms with Gasteiger partial charge in [-0.05, 0) is 31.1 Å². The fourth-order valence-corrected chi connectivity index (χ4v) is 3.04. The third kappa shape index (κ3) is 2.12. The summed E-state index contributed by atoms with van der Waals surface area (Å²) in [6.07, 6.45) is 4.48. The van der Waals surface area contributed by atoms with E-state index in [-0.39, 0.29) is 0 Å². The van der Waals surface area contributed by atoms with Gasteiger partial charge in [-0.15, -0.1) is 0 Å². The van der Waals surface area contributed by atoms with E-state index in [2.05, 4.69) is 18.7 Å². The van der Waals surface area contributed by atoms with Gasteiger partial charge in [-0.25, -0.2) is 0 Å². The van der Waals surface area contributed by atoms with Crippen LogP contribution in [0.5, 0.6) is 0 Å². The maximum absolute atomic E-state index is 5.33. The SMILES string of the molecule is COC1CC(N2C[C@@H](C)C[C@H](C)C2)C1. The highest BCUT2D eigenvalue weighted by atomic mass is 16.5. The van der Waals surface area contributed by atoms with E-state index in [0.717, 1.165) is 17.9 Å². The Morgan fingerprint density at radius 3 is 2.07 bits per heavy atom. The molecule has 1 saturated heterocycles. The van der Waals surface area contributed by atoms with Crippen molar-refractivity contribution in [2.24, 2.45) is 11.8 Å². The summed E-state index contributed by atoms with van der Waals surface area (Å²) in [5.74, 6) is 1.78. The number of piperidine rings is 1. The molecule has 0 unspecified atom stereocenters. The molecular formula is C12H23NO. The second kappa shape index (κ2) is 4.19. The molecule has 82 valence electrons. The maximum Gasteiger partial charge on any atom is 0.0601 e. The van der Waals surface area contributed by atoms with Crippen LogP contribution in [0.2, 0.25) is 0 Å². The van der Waals surface area contributed by atoms with Crippen molar-refractivity contribution in [2.45, 2.75) is 45.3 Å². The summed E-state index contributed by atoms with van der Waals surface area (Å²) >= 11 is 0. The summed E-state index contributed by atoms with van der Waals surface area (Å²) < 4.78 is 5.33. The molecule has 0 aromatic carbocycles. The first-order valence-electron chi connectivity index (χ1n) is 5.96. The Bertz CT molecular complexity index is 179. The van der Waals surface area contributed by atoms with E-state index < -0.39 is 0 Å². The number of rotatable bonds is 2. The second-order valence-corrected chi connectivity index (χ2v) is 5.38. The molecule has 1 aliphatic carbocycles. The van der Waals surface area contributed by atoms with Gasteiger partial charge in [0.2, 0.25) is 0 Å². The molecule has 2 heteroatoms. The molecular weight excluding hydrogens is 174 g/mol. The highest BCUT2D eigenvalue weighted by Gasteiger charge is 2.36. The maximum atomic E-state index is 5.33. The molecule has 2 atom stereocenters. The summed E-state index contributed by atoms with van der Waals surface area (Å²) in [4.78, 5) is 2.69. The molecule has 0 aromatic rings. The number of nitrogens with zero attached hydrogens (tertiary/aromatic N) is 1. The lowest BCUT2D eigenvalue weighted by atomic mass is 9.83. The highest BCUT2D eigenvalue weighted by molar-refractivity contribution is 4.90. The molecule has 14 heavy (non-hydrogen) atoms. The molecule has 0 N–H and O–H groups in total. The number of likely N-dealkylation sites (tertiary alicyclic amines) is 1. The molecule has 1 aliphatic heterocycles. The quantitative estimate of drug-likeness (QED) is 0.672. The number of hydrogen-bond acceptors (Lipinski definition) is 2. The summed E-state index contributed by atoms with van der Waals surface area (Å²) in [7, 11) is 1.84. The van der Waals surface area contributed by atoms with Crippen LogP contribution < -0.4 is 0 Å². The molecule has 0 radical (unpaired) electrons. The van der Waals surface area contributed by atoms with Crippen LogP contribution in [-0.2, 0) is 4.74 Å². The molecule has 0 bridgehead atoms. The van der Waals surface area contributed by atoms with Crippen LogP contribution in [0.15, 0.2) is 0 Å². The average Bonchev–Trinajstić information content (AvgIpc) is 2.00. The van der Waals surface area contributed by atoms with Crippen LogP contribution in [-0.4, -0.2) is 37.2 Å². The fraction of sp³-hybridized carbons (Fsp3) is 1.00. The van der Waals surface area contributed by atoms with Crippen molar-refractivity contribution in [1.82, 2.24) is 4.90 Å². The van der Waals surface area contributed by atoms with Gasteiger partial charge in [0, 0.05) is 26.2 Å². The van der Waals surface area contributed by atoms with Gasteiger partial charge in [0.05, 0.1) is 6.10 Å². The normalized spacial score (nSPS) is 44.8. The Labute approximate surface area is 87.6 Å². The lowest BCUT2D eigenvalue weighted by Crippen LogP contribution is -2.52. The first kappa shape index (κ1) is 10.4. The molecule has 1 heterocycles. The molecule has 2 nitrogen and oxygen atoms in total. The Morgan fingerprint density at radius 1 is 1.00 bits per heavy atom. The van der Waals surface area contributed by atoms with Crippen molar-refractivity contribution in [3.05, 3.63) is 0 Å². The van der Waals surface area contributed by atoms with Crippen molar-refractivity contribution in [1.29, 1.82) is 0 Å². The second-order valence-electron chi connectivity index (χ2n) is 5.38. The third-order valence-electron chi connectivity index (χ3n) is 3.82. The minimum absolute atomic E-state index is 0.549. The van der Waals surface area contributed by atoms with Gasteiger partial charge in [0.1, 0.15) is 0 Å². The molecule has 1 saturated carbocycles. The minimum atomic E-state index is 0.549. The lowest BCUT2D eigenvalue weighted by Gasteiger charge is -2.46. The van der Waals surface area contributed by atoms with Crippen LogP contribution in [0.3, 0.4) is 0 Å². The van der Waals surface area contributed by atoms with Crippen molar-refractivity contribution in [2.75, 3.05) is 20.2 Å². The topological polar surface area (TPSA) is 12.5 Å². The molecule has 2 fully saturated rings. The highest BCUT2D eigenvalue weighted by Crippen LogP contribution is 2.32. The molecule has 2 rings (SSSR count). The van der Waals surface area contributed by atoms with Crippen LogP contribution in [0.1, 0.15) is 33.1 Å². The number of hydrogen-bond donors (Lipinski definition) is 0. The average molecular weight is 197 g/mol. The molecule has 2 aliphatic rings. The van der Waals surface area contributed by atoms with E-state index >= 15 is 0 Å². The van der Waals surface area contributed by atoms with E-state index in [1.54, 1.807) is 0 Å². The van der Waals surface area contributed by atoms with E-state index in [0.29, 0.717) is 6.10 Å². The molecule has 0 aromatic heterocycles. The van der Waals surface area contributed by atoms with E-state index in [9.17, 15) is 0 Å². The Balaban J connectivity index is 1.81. The number of methoxy groups -OCH3 is 1. The third-order valence-corrected chi connectivity index (χ3v) is 3.82. The lowest BCUT2D eigenvalue weighted by molar-refractivity contribution is -0.0445. The first-order chi connectivity index (χ1) is 6.69. The van der Waals surface area contributed by atoms with Crippen molar-refractivity contribution in [3.63, 3.8) is 0 Å². The van der Waals surface area contributed by atoms with Gasteiger partial charge in [-0.3, -0.25) is 4.90 Å². The van der Waals surface area contributed by atoms with Gasteiger partial charge in [0.25, 0.3) is 0 Å². The predicted octanol–water partition coefficient (Wildman–Crippen LogP) is 2.14. The van der Waals surface area contributed by atoms with E-state index in [1.165, 1.54) is 32.4 Å². The predicted molar refractivity (Wildman–Crippen MR) is 58.3 cm³/mol. The van der Waals surface area contributed by atoms with Crippen molar-refractivity contribution < 1.29 is 4.74 Å². The van der Waals surface area contributed by atoms with Crippen LogP contribution in [0.4, 0.5) is 0 Å². The van der Waals surface area contributed by atoms with Gasteiger partial charge < -0.3 is 4.74 Å². The fourth-order valence-electron chi connectivity index (χ4n) is 3.04. The summed E-state index contributed by atoms with van der Waals surface area (Å²) in [6.45, 7) is 7.39. The van der Waals surface area contributed by atoms with Gasteiger partial charge >= 0.3 is 0 Å². The Morgan fingerprint density at radius 2 is 1.57 bits per heavy atom. The van der Waals surface area contributed by atoms with E-state index in [1.807, 2.05) is 7.11 Å². The largest absolute Gasteiger partial charge is 0.381 e.